The van der Waals surface area contributed by atoms with Crippen molar-refractivity contribution in [1.82, 2.24) is 4.90 Å². The van der Waals surface area contributed by atoms with E-state index in [0.717, 1.165) is 58.3 Å². The Morgan fingerprint density at radius 3 is 2.61 bits per heavy atom. The monoisotopic (exact) mass is 608 g/mol. The van der Waals surface area contributed by atoms with E-state index < -0.39 is 6.23 Å². The van der Waals surface area contributed by atoms with Crippen LogP contribution in [-0.4, -0.2) is 30.2 Å². The quantitative estimate of drug-likeness (QED) is 0.141. The number of halogens is 1. The maximum Gasteiger partial charge on any atom is 0.308 e. The molecule has 0 fully saturated rings. The molecular weight excluding hydrogens is 576 g/mol. The average molecular weight is 610 g/mol. The van der Waals surface area contributed by atoms with Crippen LogP contribution in [0.15, 0.2) is 106 Å². The summed E-state index contributed by atoms with van der Waals surface area (Å²) in [5.74, 6) is 0.634. The van der Waals surface area contributed by atoms with E-state index in [9.17, 15) is 4.79 Å². The molecule has 2 N–H and O–H groups in total. The van der Waals surface area contributed by atoms with Gasteiger partial charge < -0.3 is 9.15 Å². The number of rotatable bonds is 9. The van der Waals surface area contributed by atoms with E-state index in [1.165, 1.54) is 22.3 Å². The fourth-order valence-corrected chi connectivity index (χ4v) is 5.99. The number of esters is 1. The van der Waals surface area contributed by atoms with Crippen molar-refractivity contribution in [2.75, 3.05) is 13.1 Å². The van der Waals surface area contributed by atoms with Gasteiger partial charge in [-0.25, -0.2) is 0 Å². The molecule has 0 saturated carbocycles. The molecule has 208 valence electrons. The van der Waals surface area contributed by atoms with Crippen LogP contribution in [0.25, 0.3) is 22.3 Å². The summed E-state index contributed by atoms with van der Waals surface area (Å²) in [7, 11) is 0. The van der Waals surface area contributed by atoms with Crippen LogP contribution in [0, 0.1) is 0 Å². The van der Waals surface area contributed by atoms with E-state index in [1.54, 1.807) is 0 Å². The molecule has 1 aliphatic rings. The predicted octanol–water partition coefficient (Wildman–Crippen LogP) is 7.27. The third kappa shape index (κ3) is 6.96. The zero-order valence-electron chi connectivity index (χ0n) is 22.9. The van der Waals surface area contributed by atoms with Gasteiger partial charge in [-0.3, -0.25) is 15.4 Å². The van der Waals surface area contributed by atoms with Crippen molar-refractivity contribution >= 4 is 32.9 Å². The third-order valence-corrected chi connectivity index (χ3v) is 8.15. The summed E-state index contributed by atoms with van der Waals surface area (Å²) in [4.78, 5) is 14.7. The van der Waals surface area contributed by atoms with Gasteiger partial charge >= 0.3 is 5.97 Å². The van der Waals surface area contributed by atoms with E-state index >= 15 is 0 Å². The molecule has 1 unspecified atom stereocenters. The van der Waals surface area contributed by atoms with Crippen molar-refractivity contribution in [2.45, 2.75) is 38.5 Å². The Hall–Kier alpha value is -3.71. The maximum atomic E-state index is 12.4. The second kappa shape index (κ2) is 12.4. The van der Waals surface area contributed by atoms with Gasteiger partial charge in [-0.05, 0) is 77.1 Å². The van der Waals surface area contributed by atoms with Crippen molar-refractivity contribution < 1.29 is 13.9 Å². The molecular formula is C35H33BrN2O3. The zero-order chi connectivity index (χ0) is 28.2. The predicted molar refractivity (Wildman–Crippen MR) is 166 cm³/mol. The minimum absolute atomic E-state index is 0.259. The van der Waals surface area contributed by atoms with Crippen LogP contribution in [0.2, 0.25) is 0 Å². The van der Waals surface area contributed by atoms with Gasteiger partial charge in [0.15, 0.2) is 6.23 Å². The summed E-state index contributed by atoms with van der Waals surface area (Å²) in [6.07, 6.45) is 2.01. The molecule has 5 nitrogen and oxygen atoms in total. The highest BCUT2D eigenvalue weighted by Gasteiger charge is 2.20. The van der Waals surface area contributed by atoms with Crippen molar-refractivity contribution in [3.8, 4) is 11.3 Å². The van der Waals surface area contributed by atoms with Crippen molar-refractivity contribution in [3.05, 3.63) is 129 Å². The number of nitrogens with two attached hydrogens (primary N) is 1. The standard InChI is InChI=1S/C35H33BrN2O3/c36-31-8-4-7-25(19-31)20-34(37)41-35(39)14-16-38-15-13-27-21-28(10-11-29(27)23-38)33-22-30-18-26(9-12-32(30)40-33)17-24-5-2-1-3-6-24/h1-12,18-19,21-22,34H,13-17,20,23,37H2. The lowest BCUT2D eigenvalue weighted by Crippen LogP contribution is -2.34. The first-order valence-electron chi connectivity index (χ1n) is 14.1. The molecule has 4 aromatic carbocycles. The molecule has 6 heteroatoms. The lowest BCUT2D eigenvalue weighted by molar-refractivity contribution is -0.149. The van der Waals surface area contributed by atoms with Crippen LogP contribution in [0.4, 0.5) is 0 Å². The van der Waals surface area contributed by atoms with Crippen LogP contribution in [0.1, 0.15) is 34.2 Å². The van der Waals surface area contributed by atoms with Crippen molar-refractivity contribution in [2.24, 2.45) is 5.73 Å². The highest BCUT2D eigenvalue weighted by Crippen LogP contribution is 2.31. The topological polar surface area (TPSA) is 68.7 Å². The fourth-order valence-electron chi connectivity index (χ4n) is 5.55. The lowest BCUT2D eigenvalue weighted by atomic mass is 9.96. The van der Waals surface area contributed by atoms with Crippen molar-refractivity contribution in [1.29, 1.82) is 0 Å². The molecule has 0 bridgehead atoms. The van der Waals surface area contributed by atoms with Gasteiger partial charge in [0.05, 0.1) is 6.42 Å². The van der Waals surface area contributed by atoms with Crippen LogP contribution >= 0.6 is 15.9 Å². The molecule has 0 saturated heterocycles. The number of furan rings is 1. The van der Waals surface area contributed by atoms with Gasteiger partial charge in [0.1, 0.15) is 11.3 Å². The smallest absolute Gasteiger partial charge is 0.308 e. The van der Waals surface area contributed by atoms with Crippen LogP contribution in [0.5, 0.6) is 0 Å². The molecule has 0 radical (unpaired) electrons. The molecule has 1 aliphatic heterocycles. The molecule has 0 aliphatic carbocycles. The Morgan fingerprint density at radius 1 is 0.902 bits per heavy atom. The molecule has 1 aromatic heterocycles. The summed E-state index contributed by atoms with van der Waals surface area (Å²) < 4.78 is 12.7. The van der Waals surface area contributed by atoms with Gasteiger partial charge in [0.2, 0.25) is 0 Å². The Labute approximate surface area is 249 Å². The first kappa shape index (κ1) is 27.5. The normalized spacial score (nSPS) is 14.1. The molecule has 0 amide bonds. The Bertz CT molecular complexity index is 1660. The van der Waals surface area contributed by atoms with Crippen LogP contribution < -0.4 is 5.73 Å². The molecule has 0 spiro atoms. The number of fused-ring (bicyclic) bond motifs is 2. The second-order valence-electron chi connectivity index (χ2n) is 10.8. The number of carbonyl (C=O) groups is 1. The molecule has 41 heavy (non-hydrogen) atoms. The number of benzene rings is 4. The molecule has 2 heterocycles. The summed E-state index contributed by atoms with van der Waals surface area (Å²) in [6.45, 7) is 2.37. The number of hydrogen-bond donors (Lipinski definition) is 1. The summed E-state index contributed by atoms with van der Waals surface area (Å²) >= 11 is 3.46. The molecule has 5 aromatic rings. The van der Waals surface area contributed by atoms with E-state index in [1.807, 2.05) is 30.3 Å². The van der Waals surface area contributed by atoms with Gasteiger partial charge in [-0.2, -0.15) is 0 Å². The van der Waals surface area contributed by atoms with E-state index in [0.29, 0.717) is 19.4 Å². The number of carbonyl (C=O) groups excluding carboxylic acids is 1. The van der Waals surface area contributed by atoms with Crippen LogP contribution in [0.3, 0.4) is 0 Å². The maximum absolute atomic E-state index is 12.4. The molecule has 6 rings (SSSR count). The summed E-state index contributed by atoms with van der Waals surface area (Å²) in [5, 5.41) is 1.13. The summed E-state index contributed by atoms with van der Waals surface area (Å²) in [6, 6.07) is 33.6. The average Bonchev–Trinajstić information content (AvgIpc) is 3.40. The van der Waals surface area contributed by atoms with E-state index in [2.05, 4.69) is 87.6 Å². The van der Waals surface area contributed by atoms with Gasteiger partial charge in [-0.15, -0.1) is 0 Å². The minimum atomic E-state index is -0.647. The molecule has 1 atom stereocenters. The van der Waals surface area contributed by atoms with Crippen molar-refractivity contribution in [3.63, 3.8) is 0 Å². The minimum Gasteiger partial charge on any atom is -0.456 e. The number of ether oxygens (including phenoxy) is 1. The first-order chi connectivity index (χ1) is 20.0. The van der Waals surface area contributed by atoms with Gasteiger partial charge in [-0.1, -0.05) is 76.6 Å². The SMILES string of the molecule is NC(Cc1cccc(Br)c1)OC(=O)CCN1CCc2cc(-c3cc4cc(Cc5ccccc5)ccc4o3)ccc2C1. The van der Waals surface area contributed by atoms with Gasteiger partial charge in [0, 0.05) is 41.5 Å². The first-order valence-corrected chi connectivity index (χ1v) is 14.9. The zero-order valence-corrected chi connectivity index (χ0v) is 24.5. The largest absolute Gasteiger partial charge is 0.456 e. The fraction of sp³-hybridized carbons (Fsp3) is 0.229. The lowest BCUT2D eigenvalue weighted by Gasteiger charge is -2.28. The third-order valence-electron chi connectivity index (χ3n) is 7.65. The highest BCUT2D eigenvalue weighted by molar-refractivity contribution is 9.10. The van der Waals surface area contributed by atoms with E-state index in [-0.39, 0.29) is 5.97 Å². The number of nitrogens with zero attached hydrogens (tertiary/aromatic N) is 1. The summed E-state index contributed by atoms with van der Waals surface area (Å²) in [5.41, 5.74) is 14.3. The van der Waals surface area contributed by atoms with Gasteiger partial charge in [0.25, 0.3) is 0 Å². The Balaban J connectivity index is 1.04. The Kier molecular flexibility index (Phi) is 8.33. The second-order valence-corrected chi connectivity index (χ2v) is 11.7. The highest BCUT2D eigenvalue weighted by atomic mass is 79.9. The van der Waals surface area contributed by atoms with E-state index in [4.69, 9.17) is 14.9 Å². The Morgan fingerprint density at radius 2 is 1.76 bits per heavy atom. The van der Waals surface area contributed by atoms with Crippen LogP contribution in [-0.2, 0) is 35.3 Å². The number of hydrogen-bond acceptors (Lipinski definition) is 5.